The molecule has 5 nitrogen and oxygen atoms in total. The van der Waals surface area contributed by atoms with E-state index < -0.39 is 5.41 Å². The number of ether oxygens (including phenoxy) is 1. The topological polar surface area (TPSA) is 35.9 Å². The summed E-state index contributed by atoms with van der Waals surface area (Å²) in [5, 5.41) is 2.21. The monoisotopic (exact) mass is 1140 g/mol. The molecule has 3 atom stereocenters. The van der Waals surface area contributed by atoms with Gasteiger partial charge in [-0.05, 0) is 108 Å². The first-order chi connectivity index (χ1) is 36.7. The number of rotatable bonds is 5. The second kappa shape index (κ2) is 15.6. The van der Waals surface area contributed by atoms with E-state index in [9.17, 15) is 0 Å². The summed E-state index contributed by atoms with van der Waals surface area (Å²) in [4.78, 5) is 4.74. The summed E-state index contributed by atoms with van der Waals surface area (Å²) >= 11 is 0. The normalized spacial score (nSPS) is 17.7. The fraction of sp³-hybridized carbons (Fsp3) is 0.0435. The van der Waals surface area contributed by atoms with Gasteiger partial charge in [0.05, 0.1) is 22.1 Å². The largest absolute Gasteiger partial charge is 0.510 e. The Morgan fingerprint density at radius 2 is 1.11 bits per heavy atom. The third-order valence-electron chi connectivity index (χ3n) is 16.9. The first kappa shape index (κ1) is 42.6. The van der Waals surface area contributed by atoms with Gasteiger partial charge in [0.2, 0.25) is 0 Å². The van der Waals surface area contributed by atoms with Crippen LogP contribution < -0.4 is 9.30 Å². The van der Waals surface area contributed by atoms with Crippen molar-refractivity contribution in [2.75, 3.05) is 0 Å². The van der Waals surface area contributed by atoms with Crippen molar-refractivity contribution in [3.05, 3.63) is 294 Å². The second-order valence-corrected chi connectivity index (χ2v) is 20.1. The van der Waals surface area contributed by atoms with E-state index in [1.165, 1.54) is 55.6 Å². The van der Waals surface area contributed by atoms with Crippen molar-refractivity contribution in [1.82, 2.24) is 14.1 Å². The molecule has 0 radical (unpaired) electrons. The van der Waals surface area contributed by atoms with Gasteiger partial charge < -0.3 is 13.9 Å². The Morgan fingerprint density at radius 3 is 1.91 bits per heavy atom. The molecule has 4 heterocycles. The molecule has 0 N–H and O–H groups in total. The molecule has 0 amide bonds. The predicted octanol–water partition coefficient (Wildman–Crippen LogP) is 15.0. The third-order valence-corrected chi connectivity index (χ3v) is 16.9. The van der Waals surface area contributed by atoms with E-state index in [1.54, 1.807) is 0 Å². The number of para-hydroxylation sites is 2. The van der Waals surface area contributed by atoms with Gasteiger partial charge in [0.1, 0.15) is 5.82 Å². The molecule has 0 saturated carbocycles. The average molecular weight is 1140 g/mol. The number of hydrogen-bond donors (Lipinski definition) is 0. The van der Waals surface area contributed by atoms with Gasteiger partial charge in [-0.25, -0.2) is 4.98 Å². The smallest absolute Gasteiger partial charge is 0.268 e. The van der Waals surface area contributed by atoms with Crippen molar-refractivity contribution in [2.45, 2.75) is 16.7 Å². The molecule has 1 spiro atoms. The number of pyridine rings is 1. The summed E-state index contributed by atoms with van der Waals surface area (Å²) in [7, 11) is 0. The first-order valence-electron chi connectivity index (χ1n) is 25.4. The van der Waals surface area contributed by atoms with Crippen LogP contribution in [0.15, 0.2) is 237 Å². The van der Waals surface area contributed by atoms with Gasteiger partial charge in [0.25, 0.3) is 6.33 Å². The standard InChI is InChI=1S/C69H40N4O.Pt/c1-3-21-49-47(19-1)48-20-2-4-22-50(48)54-26-16-32-62-67(54)72(42-71(62)44-17-15-18-45(40-44)74-46-35-37-53-51-23-7-12-31-61(51)73(64(53)41-46)65-33-13-14-38-70-65)63-39-43(34-36-52(49)63)68-57-27-8-5-24-55(57)66-56-25-6-9-28-58(56)69(66,68)60-30-11-10-29-59(60)68;/h1-39,66H;/q-2;. The van der Waals surface area contributed by atoms with E-state index in [0.717, 1.165) is 66.7 Å². The second-order valence-electron chi connectivity index (χ2n) is 20.1. The van der Waals surface area contributed by atoms with Crippen LogP contribution in [0.4, 0.5) is 0 Å². The van der Waals surface area contributed by atoms with Crippen molar-refractivity contribution in [3.63, 3.8) is 0 Å². The predicted molar refractivity (Wildman–Crippen MR) is 292 cm³/mol. The number of benzene rings is 10. The SMILES string of the molecule is [Pt].[c-]1c(Oc2[c-]c3c(cc2)c2ccccc2n3-c2ccccn2)cccc1-n1[c-][n+]2c3c(cccc31)-c1ccccc1-c1ccccc1-c1ccc(C34c5ccccc5C5c6ccccc6C53c3ccccc34)cc1-2. The summed E-state index contributed by atoms with van der Waals surface area (Å²) in [6.45, 7) is 0. The molecular weight excluding hydrogens is 1100 g/mol. The van der Waals surface area contributed by atoms with Gasteiger partial charge in [-0.15, -0.1) is 29.7 Å². The van der Waals surface area contributed by atoms with Crippen LogP contribution in [0.2, 0.25) is 0 Å². The van der Waals surface area contributed by atoms with Crippen molar-refractivity contribution in [3.8, 4) is 62.1 Å². The fourth-order valence-electron chi connectivity index (χ4n) is 14.2. The number of nitrogens with zero attached hydrogens (tertiary/aromatic N) is 4. The molecule has 3 unspecified atom stereocenters. The third kappa shape index (κ3) is 5.35. The molecule has 10 aromatic carbocycles. The summed E-state index contributed by atoms with van der Waals surface area (Å²) < 4.78 is 13.4. The molecular formula is C69H40N4OPt-2. The molecule has 1 aliphatic heterocycles. The maximum atomic E-state index is 6.74. The first-order valence-corrected chi connectivity index (χ1v) is 25.4. The van der Waals surface area contributed by atoms with Crippen LogP contribution in [0.5, 0.6) is 11.5 Å². The summed E-state index contributed by atoms with van der Waals surface area (Å²) in [6.07, 6.45) is 5.82. The molecule has 75 heavy (non-hydrogen) atoms. The van der Waals surface area contributed by atoms with E-state index in [-0.39, 0.29) is 32.4 Å². The number of hydrogen-bond acceptors (Lipinski definition) is 2. The quantitative estimate of drug-likeness (QED) is 0.127. The van der Waals surface area contributed by atoms with Gasteiger partial charge >= 0.3 is 0 Å². The molecule has 0 fully saturated rings. The minimum Gasteiger partial charge on any atom is -0.510 e. The van der Waals surface area contributed by atoms with Gasteiger partial charge in [-0.2, -0.15) is 18.2 Å². The van der Waals surface area contributed by atoms with Crippen LogP contribution in [0.3, 0.4) is 0 Å². The Hall–Kier alpha value is -8.89. The fourth-order valence-corrected chi connectivity index (χ4v) is 14.2. The Balaban J connectivity index is 0.00000476. The Kier molecular flexibility index (Phi) is 8.84. The summed E-state index contributed by atoms with van der Waals surface area (Å²) in [5.41, 5.74) is 22.1. The molecule has 3 aliphatic carbocycles. The van der Waals surface area contributed by atoms with Crippen LogP contribution in [0.25, 0.3) is 83.4 Å². The Labute approximate surface area is 447 Å². The van der Waals surface area contributed by atoms with Crippen LogP contribution in [-0.2, 0) is 31.9 Å². The maximum absolute atomic E-state index is 6.74. The number of fused-ring (bicyclic) bond motifs is 17. The minimum atomic E-state index is -0.414. The maximum Gasteiger partial charge on any atom is 0.268 e. The zero-order chi connectivity index (χ0) is 48.3. The number of imidazole rings is 1. The zero-order valence-electron chi connectivity index (χ0n) is 40.1. The van der Waals surface area contributed by atoms with E-state index in [1.807, 2.05) is 42.6 Å². The molecule has 13 aromatic rings. The van der Waals surface area contributed by atoms with Gasteiger partial charge in [-0.1, -0.05) is 181 Å². The molecule has 354 valence electrons. The molecule has 3 aromatic heterocycles. The minimum absolute atomic E-state index is 0. The summed E-state index contributed by atoms with van der Waals surface area (Å²) in [5.74, 6) is 2.24. The zero-order valence-corrected chi connectivity index (χ0v) is 42.4. The Morgan fingerprint density at radius 1 is 0.480 bits per heavy atom. The molecule has 4 aliphatic rings. The van der Waals surface area contributed by atoms with Crippen molar-refractivity contribution < 1.29 is 30.4 Å². The van der Waals surface area contributed by atoms with E-state index in [0.29, 0.717) is 11.5 Å². The van der Waals surface area contributed by atoms with E-state index >= 15 is 0 Å². The molecule has 17 rings (SSSR count). The van der Waals surface area contributed by atoms with Crippen LogP contribution in [0, 0.1) is 18.5 Å². The molecule has 0 saturated heterocycles. The Bertz CT molecular complexity index is 4560. The average Bonchev–Trinajstić information content (AvgIpc) is 3.33. The van der Waals surface area contributed by atoms with Gasteiger partial charge in [0, 0.05) is 55.6 Å². The van der Waals surface area contributed by atoms with Crippen LogP contribution >= 0.6 is 0 Å². The van der Waals surface area contributed by atoms with Gasteiger partial charge in [-0.3, -0.25) is 4.57 Å². The van der Waals surface area contributed by atoms with E-state index in [2.05, 4.69) is 226 Å². The number of aromatic nitrogens is 4. The molecule has 0 bridgehead atoms. The van der Waals surface area contributed by atoms with Crippen LogP contribution in [-0.4, -0.2) is 14.1 Å². The summed E-state index contributed by atoms with van der Waals surface area (Å²) in [6, 6.07) is 91.4. The van der Waals surface area contributed by atoms with Crippen molar-refractivity contribution in [1.29, 1.82) is 0 Å². The van der Waals surface area contributed by atoms with Crippen molar-refractivity contribution >= 4 is 32.8 Å². The molecule has 6 heteroatoms. The van der Waals surface area contributed by atoms with Crippen LogP contribution in [0.1, 0.15) is 44.9 Å². The van der Waals surface area contributed by atoms with Crippen molar-refractivity contribution in [2.24, 2.45) is 0 Å². The van der Waals surface area contributed by atoms with Gasteiger partial charge in [0.15, 0.2) is 0 Å². The van der Waals surface area contributed by atoms with E-state index in [4.69, 9.17) is 9.72 Å².